The molecule has 13 nitrogen and oxygen atoms in total. The third kappa shape index (κ3) is 7.31. The maximum absolute atomic E-state index is 15.1. The van der Waals surface area contributed by atoms with Gasteiger partial charge in [-0.25, -0.2) is 27.7 Å². The lowest BCUT2D eigenvalue weighted by Crippen LogP contribution is -2.25. The van der Waals surface area contributed by atoms with Gasteiger partial charge in [-0.15, -0.1) is 0 Å². The number of esters is 2. The molecule has 0 aliphatic heterocycles. The highest BCUT2D eigenvalue weighted by Crippen LogP contribution is 2.39. The second-order valence-electron chi connectivity index (χ2n) is 15.7. The first-order valence-electron chi connectivity index (χ1n) is 20.6. The lowest BCUT2D eigenvalue weighted by Gasteiger charge is -2.13. The fourth-order valence-electron chi connectivity index (χ4n) is 8.73. The molecule has 10 rings (SSSR count). The van der Waals surface area contributed by atoms with Crippen LogP contribution in [0, 0.1) is 25.5 Å². The van der Waals surface area contributed by atoms with Crippen LogP contribution < -0.4 is 11.1 Å². The van der Waals surface area contributed by atoms with Crippen LogP contribution in [0.1, 0.15) is 22.6 Å². The standard InChI is InChI=1S/C50H36F2N8O5/c1-29-45(47-35-12-3-5-14-37(35)49(63)59(55-47)25-31-10-9-20-53-24-31)39-22-32(51)16-18-41(39)57(29)27-43(61)65-44(62)28-58-30(2)46(40-23-33(52)17-19-42(40)58)48-36-13-4-6-15-38(36)50(64)60(56-48)26-34-11-7-8-21-54-34/h3-24H,25-28H2,1-2H3. The van der Waals surface area contributed by atoms with E-state index in [4.69, 9.17) is 14.9 Å². The van der Waals surface area contributed by atoms with E-state index >= 15 is 8.78 Å². The second kappa shape index (κ2) is 16.3. The van der Waals surface area contributed by atoms with Gasteiger partial charge in [0.25, 0.3) is 11.1 Å². The molecule has 6 heterocycles. The molecule has 0 fully saturated rings. The maximum Gasteiger partial charge on any atom is 0.333 e. The summed E-state index contributed by atoms with van der Waals surface area (Å²) in [6.45, 7) is 2.85. The Morgan fingerprint density at radius 1 is 0.569 bits per heavy atom. The molecule has 4 aromatic carbocycles. The van der Waals surface area contributed by atoms with Crippen LogP contribution in [-0.2, 0) is 40.5 Å². The summed E-state index contributed by atoms with van der Waals surface area (Å²) >= 11 is 0. The SMILES string of the molecule is Cc1c(-c2nn(Cc3cccnc3)c(=O)c3ccccc23)c2cc(F)ccc2n1CC(=O)OC(=O)Cn1c(C)c(-c2nn(Cc3ccccn3)c(=O)c3ccccc23)c2cc(F)ccc21. The van der Waals surface area contributed by atoms with Gasteiger partial charge in [-0.3, -0.25) is 19.6 Å². The summed E-state index contributed by atoms with van der Waals surface area (Å²) in [4.78, 5) is 63.6. The van der Waals surface area contributed by atoms with Crippen molar-refractivity contribution in [1.29, 1.82) is 0 Å². The number of fused-ring (bicyclic) bond motifs is 4. The van der Waals surface area contributed by atoms with Crippen molar-refractivity contribution in [3.63, 3.8) is 0 Å². The van der Waals surface area contributed by atoms with E-state index in [1.807, 2.05) is 12.1 Å². The van der Waals surface area contributed by atoms with E-state index in [1.165, 1.54) is 45.8 Å². The average Bonchev–Trinajstić information content (AvgIpc) is 3.72. The van der Waals surface area contributed by atoms with Crippen LogP contribution in [0.3, 0.4) is 0 Å². The molecule has 0 aliphatic carbocycles. The summed E-state index contributed by atoms with van der Waals surface area (Å²) in [5.41, 5.74) is 4.47. The van der Waals surface area contributed by atoms with E-state index in [-0.39, 0.29) is 24.2 Å². The van der Waals surface area contributed by atoms with E-state index in [9.17, 15) is 19.2 Å². The van der Waals surface area contributed by atoms with Crippen LogP contribution in [0.15, 0.2) is 143 Å². The minimum Gasteiger partial charge on any atom is -0.390 e. The number of pyridine rings is 2. The summed E-state index contributed by atoms with van der Waals surface area (Å²) < 4.78 is 41.5. The Hall–Kier alpha value is -8.46. The second-order valence-corrected chi connectivity index (χ2v) is 15.7. The number of carbonyl (C=O) groups is 2. The minimum absolute atomic E-state index is 0.0796. The van der Waals surface area contributed by atoms with Gasteiger partial charge < -0.3 is 13.9 Å². The Bertz CT molecular complexity index is 3430. The first-order valence-corrected chi connectivity index (χ1v) is 20.6. The smallest absolute Gasteiger partial charge is 0.333 e. The number of carbonyl (C=O) groups excluding carboxylic acids is 2. The van der Waals surface area contributed by atoms with Crippen molar-refractivity contribution in [2.75, 3.05) is 0 Å². The van der Waals surface area contributed by atoms with Crippen molar-refractivity contribution in [2.45, 2.75) is 40.0 Å². The largest absolute Gasteiger partial charge is 0.390 e. The monoisotopic (exact) mass is 866 g/mol. The van der Waals surface area contributed by atoms with Gasteiger partial charge in [0.1, 0.15) is 36.1 Å². The molecule has 0 saturated carbocycles. The van der Waals surface area contributed by atoms with E-state index in [2.05, 4.69) is 9.97 Å². The van der Waals surface area contributed by atoms with Gasteiger partial charge in [-0.05, 0) is 86.1 Å². The van der Waals surface area contributed by atoms with Gasteiger partial charge in [0.05, 0.1) is 29.6 Å². The molecular weight excluding hydrogens is 831 g/mol. The highest BCUT2D eigenvalue weighted by molar-refractivity contribution is 6.06. The minimum atomic E-state index is -0.890. The summed E-state index contributed by atoms with van der Waals surface area (Å²) in [5, 5.41) is 12.4. The number of hydrogen-bond donors (Lipinski definition) is 0. The molecule has 0 atom stereocenters. The van der Waals surface area contributed by atoms with Crippen molar-refractivity contribution in [2.24, 2.45) is 0 Å². The number of aromatic nitrogens is 8. The van der Waals surface area contributed by atoms with Crippen molar-refractivity contribution in [1.82, 2.24) is 38.7 Å². The molecule has 65 heavy (non-hydrogen) atoms. The summed E-state index contributed by atoms with van der Waals surface area (Å²) in [5.74, 6) is -2.83. The number of hydrogen-bond acceptors (Lipinski definition) is 9. The maximum atomic E-state index is 15.1. The molecule has 0 radical (unpaired) electrons. The Kier molecular flexibility index (Phi) is 10.2. The molecule has 0 spiro atoms. The third-order valence-electron chi connectivity index (χ3n) is 11.7. The highest BCUT2D eigenvalue weighted by Gasteiger charge is 2.26. The lowest BCUT2D eigenvalue weighted by atomic mass is 10.0. The van der Waals surface area contributed by atoms with Crippen LogP contribution in [-0.4, -0.2) is 50.6 Å². The van der Waals surface area contributed by atoms with Crippen molar-refractivity contribution < 1.29 is 23.1 Å². The van der Waals surface area contributed by atoms with Crippen LogP contribution in [0.5, 0.6) is 0 Å². The summed E-state index contributed by atoms with van der Waals surface area (Å²) in [6, 6.07) is 31.3. The fraction of sp³-hybridized carbons (Fsp3) is 0.120. The van der Waals surface area contributed by atoms with Gasteiger partial charge in [-0.2, -0.15) is 10.2 Å². The molecule has 0 saturated heterocycles. The van der Waals surface area contributed by atoms with E-state index < -0.39 is 36.7 Å². The van der Waals surface area contributed by atoms with Gasteiger partial charge in [-0.1, -0.05) is 48.5 Å². The zero-order valence-corrected chi connectivity index (χ0v) is 34.9. The molecule has 0 N–H and O–H groups in total. The zero-order chi connectivity index (χ0) is 44.9. The molecular formula is C50H36F2N8O5. The van der Waals surface area contributed by atoms with Gasteiger partial charge in [0, 0.05) is 73.7 Å². The van der Waals surface area contributed by atoms with Crippen LogP contribution in [0.25, 0.3) is 65.9 Å². The Morgan fingerprint density at radius 3 is 1.57 bits per heavy atom. The first-order chi connectivity index (χ1) is 31.5. The van der Waals surface area contributed by atoms with Crippen molar-refractivity contribution in [3.05, 3.63) is 189 Å². The predicted octanol–water partition coefficient (Wildman–Crippen LogP) is 7.90. The third-order valence-corrected chi connectivity index (χ3v) is 11.7. The summed E-state index contributed by atoms with van der Waals surface area (Å²) in [7, 11) is 0. The van der Waals surface area contributed by atoms with Crippen LogP contribution in [0.2, 0.25) is 0 Å². The predicted molar refractivity (Wildman–Crippen MR) is 241 cm³/mol. The highest BCUT2D eigenvalue weighted by atomic mass is 19.1. The number of halogens is 2. The van der Waals surface area contributed by atoms with Crippen LogP contribution >= 0.6 is 0 Å². The van der Waals surface area contributed by atoms with Crippen LogP contribution in [0.4, 0.5) is 8.78 Å². The van der Waals surface area contributed by atoms with Gasteiger partial charge in [0.2, 0.25) is 0 Å². The van der Waals surface area contributed by atoms with Crippen molar-refractivity contribution in [3.8, 4) is 22.5 Å². The Balaban J connectivity index is 0.998. The van der Waals surface area contributed by atoms with Crippen molar-refractivity contribution >= 4 is 55.3 Å². The molecule has 0 amide bonds. The average molecular weight is 867 g/mol. The number of benzene rings is 4. The zero-order valence-electron chi connectivity index (χ0n) is 34.9. The van der Waals surface area contributed by atoms with E-state index in [0.717, 1.165) is 5.56 Å². The van der Waals surface area contributed by atoms with Gasteiger partial charge in [0.15, 0.2) is 0 Å². The topological polar surface area (TPSA) is 149 Å². The summed E-state index contributed by atoms with van der Waals surface area (Å²) in [6.07, 6.45) is 4.91. The Labute approximate surface area is 367 Å². The molecule has 0 aliphatic rings. The number of nitrogens with zero attached hydrogens (tertiary/aromatic N) is 8. The normalized spacial score (nSPS) is 11.6. The quantitative estimate of drug-likeness (QED) is 0.0988. The molecule has 0 bridgehead atoms. The number of ether oxygens (including phenoxy) is 1. The molecule has 0 unspecified atom stereocenters. The van der Waals surface area contributed by atoms with E-state index in [1.54, 1.807) is 108 Å². The molecule has 10 aromatic rings. The molecule has 15 heteroatoms. The molecule has 6 aromatic heterocycles. The first kappa shape index (κ1) is 40.6. The van der Waals surface area contributed by atoms with E-state index in [0.29, 0.717) is 82.9 Å². The molecule has 320 valence electrons. The lowest BCUT2D eigenvalue weighted by molar-refractivity contribution is -0.160. The fourth-order valence-corrected chi connectivity index (χ4v) is 8.73. The van der Waals surface area contributed by atoms with Gasteiger partial charge >= 0.3 is 11.9 Å². The number of rotatable bonds is 10. The Morgan fingerprint density at radius 2 is 1.08 bits per heavy atom.